The molecule has 1 N–H and O–H groups in total. The summed E-state index contributed by atoms with van der Waals surface area (Å²) in [6.45, 7) is 2.02. The van der Waals surface area contributed by atoms with Gasteiger partial charge in [-0.15, -0.1) is 0 Å². The number of aryl methyl sites for hydroxylation is 1. The summed E-state index contributed by atoms with van der Waals surface area (Å²) in [5.41, 5.74) is 1.10. The molecule has 4 nitrogen and oxygen atoms in total. The van der Waals surface area contributed by atoms with Gasteiger partial charge in [-0.05, 0) is 37.5 Å². The standard InChI is InChI=1S/C15H21NO3/c1-11-7-8-13(14(9-11)18-2)19-10-15(17)16-12-5-3-4-6-12/h7-9,12H,3-6,10H2,1-2H3,(H,16,17). The molecule has 0 atom stereocenters. The minimum atomic E-state index is -0.0606. The van der Waals surface area contributed by atoms with Crippen molar-refractivity contribution >= 4 is 5.91 Å². The lowest BCUT2D eigenvalue weighted by Gasteiger charge is -2.14. The second-order valence-electron chi connectivity index (χ2n) is 4.99. The van der Waals surface area contributed by atoms with E-state index in [1.165, 1.54) is 12.8 Å². The van der Waals surface area contributed by atoms with Crippen molar-refractivity contribution in [1.82, 2.24) is 5.32 Å². The Balaban J connectivity index is 1.85. The fraction of sp³-hybridized carbons (Fsp3) is 0.533. The molecule has 0 heterocycles. The van der Waals surface area contributed by atoms with E-state index in [4.69, 9.17) is 9.47 Å². The summed E-state index contributed by atoms with van der Waals surface area (Å²) >= 11 is 0. The maximum atomic E-state index is 11.8. The summed E-state index contributed by atoms with van der Waals surface area (Å²) in [5, 5.41) is 2.99. The van der Waals surface area contributed by atoms with E-state index in [-0.39, 0.29) is 12.5 Å². The molecule has 0 radical (unpaired) electrons. The first-order valence-electron chi connectivity index (χ1n) is 6.76. The normalized spacial score (nSPS) is 15.3. The molecule has 1 aliphatic rings. The lowest BCUT2D eigenvalue weighted by molar-refractivity contribution is -0.123. The summed E-state index contributed by atoms with van der Waals surface area (Å²) in [4.78, 5) is 11.8. The molecule has 0 unspecified atom stereocenters. The number of carbonyl (C=O) groups is 1. The molecule has 0 aromatic heterocycles. The molecular formula is C15H21NO3. The van der Waals surface area contributed by atoms with Crippen LogP contribution in [0.3, 0.4) is 0 Å². The van der Waals surface area contributed by atoms with E-state index in [1.807, 2.05) is 25.1 Å². The van der Waals surface area contributed by atoms with E-state index >= 15 is 0 Å². The molecule has 4 heteroatoms. The minimum absolute atomic E-state index is 0.0376. The molecule has 1 aromatic rings. The first-order valence-corrected chi connectivity index (χ1v) is 6.76. The summed E-state index contributed by atoms with van der Waals surface area (Å²) in [6, 6.07) is 5.99. The van der Waals surface area contributed by atoms with Crippen LogP contribution in [0.4, 0.5) is 0 Å². The van der Waals surface area contributed by atoms with Gasteiger partial charge in [0.05, 0.1) is 7.11 Å². The number of ether oxygens (including phenoxy) is 2. The fourth-order valence-electron chi connectivity index (χ4n) is 2.38. The third kappa shape index (κ3) is 3.88. The SMILES string of the molecule is COc1cc(C)ccc1OCC(=O)NC1CCCC1. The first kappa shape index (κ1) is 13.7. The smallest absolute Gasteiger partial charge is 0.258 e. The number of amides is 1. The Morgan fingerprint density at radius 1 is 1.32 bits per heavy atom. The molecule has 1 aliphatic carbocycles. The predicted molar refractivity (Wildman–Crippen MR) is 73.6 cm³/mol. The van der Waals surface area contributed by atoms with E-state index in [2.05, 4.69) is 5.32 Å². The minimum Gasteiger partial charge on any atom is -0.493 e. The molecule has 0 spiro atoms. The van der Waals surface area contributed by atoms with Gasteiger partial charge < -0.3 is 14.8 Å². The number of hydrogen-bond acceptors (Lipinski definition) is 3. The lowest BCUT2D eigenvalue weighted by atomic mass is 10.2. The van der Waals surface area contributed by atoms with Gasteiger partial charge >= 0.3 is 0 Å². The van der Waals surface area contributed by atoms with Crippen molar-refractivity contribution in [2.45, 2.75) is 38.6 Å². The number of benzene rings is 1. The highest BCUT2D eigenvalue weighted by atomic mass is 16.5. The van der Waals surface area contributed by atoms with Crippen molar-refractivity contribution in [3.63, 3.8) is 0 Å². The van der Waals surface area contributed by atoms with Crippen LogP contribution in [0.15, 0.2) is 18.2 Å². The maximum Gasteiger partial charge on any atom is 0.258 e. The van der Waals surface area contributed by atoms with Crippen LogP contribution >= 0.6 is 0 Å². The van der Waals surface area contributed by atoms with Gasteiger partial charge in [0.15, 0.2) is 18.1 Å². The molecule has 1 aromatic carbocycles. The van der Waals surface area contributed by atoms with Crippen LogP contribution in [0.5, 0.6) is 11.5 Å². The number of methoxy groups -OCH3 is 1. The topological polar surface area (TPSA) is 47.6 Å². The van der Waals surface area contributed by atoms with Crippen LogP contribution in [-0.4, -0.2) is 25.7 Å². The predicted octanol–water partition coefficient (Wildman–Crippen LogP) is 2.44. The third-order valence-corrected chi connectivity index (χ3v) is 3.40. The van der Waals surface area contributed by atoms with E-state index in [9.17, 15) is 4.79 Å². The highest BCUT2D eigenvalue weighted by molar-refractivity contribution is 5.78. The maximum absolute atomic E-state index is 11.8. The van der Waals surface area contributed by atoms with Crippen molar-refractivity contribution in [3.05, 3.63) is 23.8 Å². The van der Waals surface area contributed by atoms with Gasteiger partial charge in [0.1, 0.15) is 0 Å². The number of hydrogen-bond donors (Lipinski definition) is 1. The van der Waals surface area contributed by atoms with Crippen molar-refractivity contribution in [2.24, 2.45) is 0 Å². The summed E-state index contributed by atoms with van der Waals surface area (Å²) in [7, 11) is 1.60. The summed E-state index contributed by atoms with van der Waals surface area (Å²) in [6.07, 6.45) is 4.58. The zero-order valence-electron chi connectivity index (χ0n) is 11.6. The molecule has 0 aliphatic heterocycles. The van der Waals surface area contributed by atoms with E-state index < -0.39 is 0 Å². The zero-order valence-corrected chi connectivity index (χ0v) is 11.6. The number of nitrogens with one attached hydrogen (secondary N) is 1. The van der Waals surface area contributed by atoms with Crippen LogP contribution in [0.2, 0.25) is 0 Å². The molecule has 2 rings (SSSR count). The lowest BCUT2D eigenvalue weighted by Crippen LogP contribution is -2.36. The van der Waals surface area contributed by atoms with Gasteiger partial charge in [-0.3, -0.25) is 4.79 Å². The highest BCUT2D eigenvalue weighted by Crippen LogP contribution is 2.27. The molecule has 19 heavy (non-hydrogen) atoms. The van der Waals surface area contributed by atoms with Crippen molar-refractivity contribution in [3.8, 4) is 11.5 Å². The van der Waals surface area contributed by atoms with Crippen molar-refractivity contribution < 1.29 is 14.3 Å². The molecule has 1 saturated carbocycles. The van der Waals surface area contributed by atoms with Crippen LogP contribution in [0.1, 0.15) is 31.2 Å². The zero-order chi connectivity index (χ0) is 13.7. The average Bonchev–Trinajstić information content (AvgIpc) is 2.90. The Labute approximate surface area is 114 Å². The second kappa shape index (κ2) is 6.45. The van der Waals surface area contributed by atoms with Gasteiger partial charge in [-0.25, -0.2) is 0 Å². The van der Waals surface area contributed by atoms with Gasteiger partial charge in [-0.1, -0.05) is 18.9 Å². The summed E-state index contributed by atoms with van der Waals surface area (Å²) < 4.78 is 10.8. The Hall–Kier alpha value is -1.71. The van der Waals surface area contributed by atoms with Crippen LogP contribution in [0, 0.1) is 6.92 Å². The Morgan fingerprint density at radius 2 is 2.05 bits per heavy atom. The Bertz CT molecular complexity index is 439. The first-order chi connectivity index (χ1) is 9.19. The largest absolute Gasteiger partial charge is 0.493 e. The number of carbonyl (C=O) groups excluding carboxylic acids is 1. The monoisotopic (exact) mass is 263 g/mol. The van der Waals surface area contributed by atoms with Gasteiger partial charge in [0.2, 0.25) is 0 Å². The van der Waals surface area contributed by atoms with Gasteiger partial charge in [0, 0.05) is 6.04 Å². The molecule has 0 bridgehead atoms. The Morgan fingerprint density at radius 3 is 2.74 bits per heavy atom. The van der Waals surface area contributed by atoms with Crippen LogP contribution in [0.25, 0.3) is 0 Å². The molecule has 1 amide bonds. The number of rotatable bonds is 5. The highest BCUT2D eigenvalue weighted by Gasteiger charge is 2.17. The van der Waals surface area contributed by atoms with E-state index in [0.717, 1.165) is 18.4 Å². The average molecular weight is 263 g/mol. The van der Waals surface area contributed by atoms with E-state index in [1.54, 1.807) is 7.11 Å². The van der Waals surface area contributed by atoms with Gasteiger partial charge in [0.25, 0.3) is 5.91 Å². The van der Waals surface area contributed by atoms with Crippen molar-refractivity contribution in [2.75, 3.05) is 13.7 Å². The third-order valence-electron chi connectivity index (χ3n) is 3.40. The fourth-order valence-corrected chi connectivity index (χ4v) is 2.38. The summed E-state index contributed by atoms with van der Waals surface area (Å²) in [5.74, 6) is 1.21. The molecule has 0 saturated heterocycles. The van der Waals surface area contributed by atoms with Crippen LogP contribution < -0.4 is 14.8 Å². The van der Waals surface area contributed by atoms with Crippen molar-refractivity contribution in [1.29, 1.82) is 0 Å². The van der Waals surface area contributed by atoms with E-state index in [0.29, 0.717) is 17.5 Å². The molecule has 104 valence electrons. The quantitative estimate of drug-likeness (QED) is 0.887. The molecular weight excluding hydrogens is 242 g/mol. The van der Waals surface area contributed by atoms with Gasteiger partial charge in [-0.2, -0.15) is 0 Å². The Kier molecular flexibility index (Phi) is 4.66. The second-order valence-corrected chi connectivity index (χ2v) is 4.99. The molecule has 1 fully saturated rings. The van der Waals surface area contributed by atoms with Crippen LogP contribution in [-0.2, 0) is 4.79 Å².